The topological polar surface area (TPSA) is 46.3 Å². The SMILES string of the molecule is Cc1ccc(CN2C(=O)c3ccccc3C2N)cc1. The summed E-state index contributed by atoms with van der Waals surface area (Å²) in [7, 11) is 0. The number of fused-ring (bicyclic) bond motifs is 1. The number of hydrogen-bond acceptors (Lipinski definition) is 2. The summed E-state index contributed by atoms with van der Waals surface area (Å²) in [5, 5.41) is 0. The molecular weight excluding hydrogens is 236 g/mol. The van der Waals surface area contributed by atoms with Gasteiger partial charge in [-0.2, -0.15) is 0 Å². The van der Waals surface area contributed by atoms with Crippen molar-refractivity contribution in [2.75, 3.05) is 0 Å². The first-order chi connectivity index (χ1) is 9.16. The van der Waals surface area contributed by atoms with Crippen LogP contribution < -0.4 is 5.73 Å². The number of carbonyl (C=O) groups is 1. The fourth-order valence-corrected chi connectivity index (χ4v) is 2.46. The van der Waals surface area contributed by atoms with Crippen molar-refractivity contribution in [1.29, 1.82) is 0 Å². The van der Waals surface area contributed by atoms with Gasteiger partial charge in [0.2, 0.25) is 0 Å². The van der Waals surface area contributed by atoms with Crippen molar-refractivity contribution in [3.05, 3.63) is 70.8 Å². The second-order valence-electron chi connectivity index (χ2n) is 4.95. The van der Waals surface area contributed by atoms with Crippen molar-refractivity contribution >= 4 is 5.91 Å². The van der Waals surface area contributed by atoms with Gasteiger partial charge in [0.25, 0.3) is 5.91 Å². The summed E-state index contributed by atoms with van der Waals surface area (Å²) in [6.07, 6.45) is -0.343. The van der Waals surface area contributed by atoms with Crippen molar-refractivity contribution in [2.24, 2.45) is 5.73 Å². The van der Waals surface area contributed by atoms with E-state index in [2.05, 4.69) is 12.1 Å². The lowest BCUT2D eigenvalue weighted by atomic mass is 10.1. The molecule has 0 aliphatic carbocycles. The van der Waals surface area contributed by atoms with E-state index in [-0.39, 0.29) is 12.1 Å². The Morgan fingerprint density at radius 2 is 1.79 bits per heavy atom. The van der Waals surface area contributed by atoms with Gasteiger partial charge < -0.3 is 10.6 Å². The van der Waals surface area contributed by atoms with Gasteiger partial charge in [-0.3, -0.25) is 4.79 Å². The van der Waals surface area contributed by atoms with Crippen LogP contribution in [0.25, 0.3) is 0 Å². The fourth-order valence-electron chi connectivity index (χ4n) is 2.46. The number of nitrogens with two attached hydrogens (primary N) is 1. The van der Waals surface area contributed by atoms with Crippen LogP contribution in [0.1, 0.15) is 33.2 Å². The molecule has 2 aromatic carbocycles. The minimum atomic E-state index is -0.343. The van der Waals surface area contributed by atoms with Crippen LogP contribution in [0.15, 0.2) is 48.5 Å². The average molecular weight is 252 g/mol. The fraction of sp³-hybridized carbons (Fsp3) is 0.188. The van der Waals surface area contributed by atoms with Crippen molar-refractivity contribution in [3.63, 3.8) is 0 Å². The highest BCUT2D eigenvalue weighted by Crippen LogP contribution is 2.30. The number of aryl methyl sites for hydroxylation is 1. The molecule has 1 atom stereocenters. The van der Waals surface area contributed by atoms with E-state index in [1.165, 1.54) is 5.56 Å². The Morgan fingerprint density at radius 3 is 2.47 bits per heavy atom. The molecule has 1 aliphatic heterocycles. The van der Waals surface area contributed by atoms with E-state index in [1.54, 1.807) is 4.90 Å². The first-order valence-corrected chi connectivity index (χ1v) is 6.38. The molecule has 0 saturated heterocycles. The smallest absolute Gasteiger partial charge is 0.256 e. The summed E-state index contributed by atoms with van der Waals surface area (Å²) in [4.78, 5) is 14.0. The number of benzene rings is 2. The van der Waals surface area contributed by atoms with Gasteiger partial charge in [-0.15, -0.1) is 0 Å². The van der Waals surface area contributed by atoms with E-state index in [0.717, 1.165) is 16.7 Å². The van der Waals surface area contributed by atoms with Crippen molar-refractivity contribution < 1.29 is 4.79 Å². The minimum absolute atomic E-state index is 0.0173. The van der Waals surface area contributed by atoms with Crippen LogP contribution >= 0.6 is 0 Å². The summed E-state index contributed by atoms with van der Waals surface area (Å²) in [6.45, 7) is 2.60. The Hall–Kier alpha value is -2.13. The zero-order chi connectivity index (χ0) is 13.4. The third kappa shape index (κ3) is 2.02. The molecule has 0 fully saturated rings. The van der Waals surface area contributed by atoms with Crippen LogP contribution in [0.4, 0.5) is 0 Å². The molecule has 0 saturated carbocycles. The monoisotopic (exact) mass is 252 g/mol. The zero-order valence-corrected chi connectivity index (χ0v) is 10.8. The van der Waals surface area contributed by atoms with E-state index in [0.29, 0.717) is 6.54 Å². The first kappa shape index (κ1) is 11.9. The minimum Gasteiger partial charge on any atom is -0.315 e. The van der Waals surface area contributed by atoms with E-state index < -0.39 is 0 Å². The molecule has 1 heterocycles. The molecule has 2 N–H and O–H groups in total. The Balaban J connectivity index is 1.88. The predicted molar refractivity (Wildman–Crippen MR) is 74.4 cm³/mol. The van der Waals surface area contributed by atoms with Crippen LogP contribution in [0.2, 0.25) is 0 Å². The van der Waals surface area contributed by atoms with Gasteiger partial charge in [0, 0.05) is 17.7 Å². The molecule has 3 nitrogen and oxygen atoms in total. The van der Waals surface area contributed by atoms with Gasteiger partial charge in [-0.05, 0) is 18.6 Å². The Morgan fingerprint density at radius 1 is 1.11 bits per heavy atom. The third-order valence-electron chi connectivity index (χ3n) is 3.58. The second kappa shape index (κ2) is 4.52. The van der Waals surface area contributed by atoms with Gasteiger partial charge in [-0.25, -0.2) is 0 Å². The third-order valence-corrected chi connectivity index (χ3v) is 3.58. The standard InChI is InChI=1S/C16H16N2O/c1-11-6-8-12(9-7-11)10-18-15(17)13-4-2-3-5-14(13)16(18)19/h2-9,15H,10,17H2,1H3. The largest absolute Gasteiger partial charge is 0.315 e. The van der Waals surface area contributed by atoms with Crippen LogP contribution in [-0.4, -0.2) is 10.8 Å². The van der Waals surface area contributed by atoms with E-state index >= 15 is 0 Å². The summed E-state index contributed by atoms with van der Waals surface area (Å²) in [6, 6.07) is 15.7. The van der Waals surface area contributed by atoms with Crippen LogP contribution in [-0.2, 0) is 6.54 Å². The van der Waals surface area contributed by atoms with E-state index in [9.17, 15) is 4.79 Å². The average Bonchev–Trinajstić information content (AvgIpc) is 2.67. The predicted octanol–water partition coefficient (Wildman–Crippen LogP) is 2.61. The maximum Gasteiger partial charge on any atom is 0.256 e. The van der Waals surface area contributed by atoms with Gasteiger partial charge in [0.05, 0.1) is 0 Å². The molecule has 3 heteroatoms. The molecule has 1 aliphatic rings. The van der Waals surface area contributed by atoms with E-state index in [4.69, 9.17) is 5.73 Å². The lowest BCUT2D eigenvalue weighted by molar-refractivity contribution is 0.0714. The van der Waals surface area contributed by atoms with Gasteiger partial charge >= 0.3 is 0 Å². The highest BCUT2D eigenvalue weighted by Gasteiger charge is 2.33. The number of hydrogen-bond donors (Lipinski definition) is 1. The van der Waals surface area contributed by atoms with Crippen LogP contribution in [0.3, 0.4) is 0 Å². The maximum absolute atomic E-state index is 12.3. The van der Waals surface area contributed by atoms with Gasteiger partial charge in [0.15, 0.2) is 0 Å². The molecule has 19 heavy (non-hydrogen) atoms. The number of rotatable bonds is 2. The molecule has 0 spiro atoms. The summed E-state index contributed by atoms with van der Waals surface area (Å²) < 4.78 is 0. The second-order valence-corrected chi connectivity index (χ2v) is 4.95. The number of nitrogens with zero attached hydrogens (tertiary/aromatic N) is 1. The quantitative estimate of drug-likeness (QED) is 0.893. The highest BCUT2D eigenvalue weighted by molar-refractivity contribution is 5.99. The number of carbonyl (C=O) groups excluding carboxylic acids is 1. The van der Waals surface area contributed by atoms with Crippen molar-refractivity contribution in [3.8, 4) is 0 Å². The number of amides is 1. The normalized spacial score (nSPS) is 17.7. The molecule has 0 aromatic heterocycles. The van der Waals surface area contributed by atoms with Crippen molar-refractivity contribution in [2.45, 2.75) is 19.6 Å². The summed E-state index contributed by atoms with van der Waals surface area (Å²) in [5.74, 6) is 0.0173. The molecular formula is C16H16N2O. The Bertz CT molecular complexity index is 619. The molecule has 0 radical (unpaired) electrons. The van der Waals surface area contributed by atoms with Crippen LogP contribution in [0, 0.1) is 6.92 Å². The molecule has 96 valence electrons. The van der Waals surface area contributed by atoms with Crippen molar-refractivity contribution in [1.82, 2.24) is 4.90 Å². The first-order valence-electron chi connectivity index (χ1n) is 6.38. The Labute approximate surface area is 112 Å². The Kier molecular flexibility index (Phi) is 2.84. The van der Waals surface area contributed by atoms with Crippen LogP contribution in [0.5, 0.6) is 0 Å². The summed E-state index contributed by atoms with van der Waals surface area (Å²) in [5.41, 5.74) is 10.1. The highest BCUT2D eigenvalue weighted by atomic mass is 16.2. The lowest BCUT2D eigenvalue weighted by Gasteiger charge is -2.22. The van der Waals surface area contributed by atoms with Gasteiger partial charge in [0.1, 0.15) is 6.17 Å². The molecule has 1 unspecified atom stereocenters. The maximum atomic E-state index is 12.3. The van der Waals surface area contributed by atoms with Gasteiger partial charge in [-0.1, -0.05) is 48.0 Å². The molecule has 1 amide bonds. The lowest BCUT2D eigenvalue weighted by Crippen LogP contribution is -2.32. The molecule has 0 bridgehead atoms. The summed E-state index contributed by atoms with van der Waals surface area (Å²) >= 11 is 0. The van der Waals surface area contributed by atoms with E-state index in [1.807, 2.05) is 43.3 Å². The molecule has 2 aromatic rings. The molecule has 3 rings (SSSR count). The zero-order valence-electron chi connectivity index (χ0n) is 10.8.